The zero-order valence-corrected chi connectivity index (χ0v) is 7.34. The van der Waals surface area contributed by atoms with Gasteiger partial charge in [0.05, 0.1) is 0 Å². The molecule has 0 radical (unpaired) electrons. The van der Waals surface area contributed by atoms with Crippen LogP contribution in [0, 0.1) is 11.6 Å². The number of likely N-dealkylation sites (N-methyl/N-ethyl adjacent to an activating group) is 1. The van der Waals surface area contributed by atoms with Crippen molar-refractivity contribution in [2.75, 3.05) is 20.1 Å². The van der Waals surface area contributed by atoms with Gasteiger partial charge in [-0.05, 0) is 6.98 Å². The van der Waals surface area contributed by atoms with Gasteiger partial charge in [-0.15, -0.1) is 0 Å². The fourth-order valence-electron chi connectivity index (χ4n) is 1.30. The largest absolute Gasteiger partial charge is 0.488 e. The van der Waals surface area contributed by atoms with Crippen LogP contribution in [-0.4, -0.2) is 31.1 Å². The fraction of sp³-hybridized carbons (Fsp3) is 0.400. The first kappa shape index (κ1) is 6.35. The highest BCUT2D eigenvalue weighted by Gasteiger charge is 2.24. The van der Waals surface area contributed by atoms with Gasteiger partial charge >= 0.3 is 0 Å². The standard InChI is InChI=1S/C10H11F2NO/c1-13-5-10(6-13)14-9-3-7(11)2-8(12)4-9/h2-4,10H,5-6H2,1H3/i1D3. The van der Waals surface area contributed by atoms with E-state index in [-0.39, 0.29) is 24.9 Å². The van der Waals surface area contributed by atoms with E-state index in [9.17, 15) is 8.78 Å². The molecular formula is C10H11F2NO. The van der Waals surface area contributed by atoms with Gasteiger partial charge in [0.1, 0.15) is 23.5 Å². The zero-order chi connectivity index (χ0) is 12.6. The summed E-state index contributed by atoms with van der Waals surface area (Å²) in [5.41, 5.74) is 0. The van der Waals surface area contributed by atoms with Gasteiger partial charge in [0, 0.05) is 35.4 Å². The number of nitrogens with zero attached hydrogens (tertiary/aromatic N) is 1. The molecule has 2 rings (SSSR count). The summed E-state index contributed by atoms with van der Waals surface area (Å²) in [6.07, 6.45) is -0.336. The topological polar surface area (TPSA) is 12.5 Å². The van der Waals surface area contributed by atoms with E-state index in [1.807, 2.05) is 0 Å². The Morgan fingerprint density at radius 3 is 2.57 bits per heavy atom. The molecular weight excluding hydrogens is 188 g/mol. The second-order valence-corrected chi connectivity index (χ2v) is 3.25. The summed E-state index contributed by atoms with van der Waals surface area (Å²) in [4.78, 5) is 1.26. The normalized spacial score (nSPS) is 22.0. The summed E-state index contributed by atoms with van der Waals surface area (Å²) in [5, 5.41) is 0. The Hall–Kier alpha value is -1.16. The van der Waals surface area contributed by atoms with E-state index < -0.39 is 18.6 Å². The first-order valence-electron chi connectivity index (χ1n) is 5.72. The highest BCUT2D eigenvalue weighted by Crippen LogP contribution is 2.19. The molecule has 0 aliphatic carbocycles. The Balaban J connectivity index is 1.92. The van der Waals surface area contributed by atoms with Crippen LogP contribution in [0.1, 0.15) is 4.11 Å². The Kier molecular flexibility index (Phi) is 1.60. The van der Waals surface area contributed by atoms with Gasteiger partial charge in [-0.3, -0.25) is 4.90 Å². The zero-order valence-electron chi connectivity index (χ0n) is 10.3. The van der Waals surface area contributed by atoms with Gasteiger partial charge < -0.3 is 4.74 Å². The van der Waals surface area contributed by atoms with Gasteiger partial charge in [0.2, 0.25) is 0 Å². The van der Waals surface area contributed by atoms with Gasteiger partial charge in [-0.2, -0.15) is 0 Å². The molecule has 1 aromatic carbocycles. The van der Waals surface area contributed by atoms with E-state index in [4.69, 9.17) is 8.85 Å². The lowest BCUT2D eigenvalue weighted by molar-refractivity contribution is 0.0384. The molecule has 0 aromatic heterocycles. The van der Waals surface area contributed by atoms with Crippen LogP contribution >= 0.6 is 0 Å². The van der Waals surface area contributed by atoms with E-state index in [0.29, 0.717) is 0 Å². The Labute approximate surface area is 85.3 Å². The summed E-state index contributed by atoms with van der Waals surface area (Å²) >= 11 is 0. The van der Waals surface area contributed by atoms with Crippen LogP contribution in [0.2, 0.25) is 0 Å². The van der Waals surface area contributed by atoms with E-state index in [1.165, 1.54) is 4.90 Å². The molecule has 0 saturated carbocycles. The van der Waals surface area contributed by atoms with Gasteiger partial charge in [0.25, 0.3) is 0 Å². The second-order valence-electron chi connectivity index (χ2n) is 3.25. The van der Waals surface area contributed by atoms with Crippen molar-refractivity contribution in [3.8, 4) is 5.75 Å². The number of likely N-dealkylation sites (tertiary alicyclic amines) is 1. The number of halogens is 2. The molecule has 0 N–H and O–H groups in total. The third-order valence-corrected chi connectivity index (χ3v) is 1.99. The molecule has 0 bridgehead atoms. The molecule has 76 valence electrons. The molecule has 0 unspecified atom stereocenters. The predicted octanol–water partition coefficient (Wildman–Crippen LogP) is 1.66. The van der Waals surface area contributed by atoms with Gasteiger partial charge in [-0.25, -0.2) is 8.78 Å². The number of ether oxygens (including phenoxy) is 1. The predicted molar refractivity (Wildman–Crippen MR) is 48.3 cm³/mol. The highest BCUT2D eigenvalue weighted by molar-refractivity contribution is 5.24. The lowest BCUT2D eigenvalue weighted by atomic mass is 10.2. The smallest absolute Gasteiger partial charge is 0.129 e. The van der Waals surface area contributed by atoms with Crippen LogP contribution in [-0.2, 0) is 0 Å². The molecule has 1 aromatic rings. The van der Waals surface area contributed by atoms with Crippen molar-refractivity contribution >= 4 is 0 Å². The van der Waals surface area contributed by atoms with E-state index in [2.05, 4.69) is 0 Å². The van der Waals surface area contributed by atoms with Crippen molar-refractivity contribution in [1.29, 1.82) is 0 Å². The van der Waals surface area contributed by atoms with Crippen LogP contribution in [0.15, 0.2) is 18.2 Å². The Morgan fingerprint density at radius 2 is 2.00 bits per heavy atom. The minimum atomic E-state index is -2.13. The third kappa shape index (κ3) is 2.01. The van der Waals surface area contributed by atoms with Crippen molar-refractivity contribution in [2.45, 2.75) is 6.10 Å². The molecule has 4 heteroatoms. The van der Waals surface area contributed by atoms with Crippen molar-refractivity contribution in [3.63, 3.8) is 0 Å². The quantitative estimate of drug-likeness (QED) is 0.723. The minimum Gasteiger partial charge on any atom is -0.488 e. The van der Waals surface area contributed by atoms with Gasteiger partial charge in [0.15, 0.2) is 0 Å². The number of hydrogen-bond acceptors (Lipinski definition) is 2. The second kappa shape index (κ2) is 3.53. The lowest BCUT2D eigenvalue weighted by Crippen LogP contribution is -2.51. The molecule has 2 nitrogen and oxygen atoms in total. The van der Waals surface area contributed by atoms with Crippen molar-refractivity contribution in [3.05, 3.63) is 29.8 Å². The Bertz CT molecular complexity index is 398. The van der Waals surface area contributed by atoms with Crippen molar-refractivity contribution in [1.82, 2.24) is 4.90 Å². The fourth-order valence-corrected chi connectivity index (χ4v) is 1.30. The van der Waals surface area contributed by atoms with Crippen molar-refractivity contribution in [2.24, 2.45) is 0 Å². The van der Waals surface area contributed by atoms with E-state index >= 15 is 0 Å². The highest BCUT2D eigenvalue weighted by atomic mass is 19.1. The molecule has 0 spiro atoms. The first-order chi connectivity index (χ1) is 7.84. The molecule has 1 fully saturated rings. The third-order valence-electron chi connectivity index (χ3n) is 1.99. The maximum absolute atomic E-state index is 12.8. The molecule has 0 amide bonds. The monoisotopic (exact) mass is 202 g/mol. The SMILES string of the molecule is [2H]C([2H])([2H])N1CC(Oc2cc(F)cc(F)c2)C1. The summed E-state index contributed by atoms with van der Waals surface area (Å²) in [7, 11) is 0. The summed E-state index contributed by atoms with van der Waals surface area (Å²) in [5.74, 6) is -1.35. The summed E-state index contributed by atoms with van der Waals surface area (Å²) < 4.78 is 52.3. The molecule has 1 aliphatic rings. The first-order valence-corrected chi connectivity index (χ1v) is 4.22. The molecule has 0 atom stereocenters. The van der Waals surface area contributed by atoms with Gasteiger partial charge in [-0.1, -0.05) is 0 Å². The van der Waals surface area contributed by atoms with E-state index in [1.54, 1.807) is 0 Å². The lowest BCUT2D eigenvalue weighted by Gasteiger charge is -2.35. The Morgan fingerprint density at radius 1 is 1.36 bits per heavy atom. The number of rotatable bonds is 2. The minimum absolute atomic E-state index is 0.0812. The summed E-state index contributed by atoms with van der Waals surface area (Å²) in [6.45, 7) is -1.67. The maximum atomic E-state index is 12.8. The average Bonchev–Trinajstić information content (AvgIpc) is 2.06. The molecule has 14 heavy (non-hydrogen) atoms. The van der Waals surface area contributed by atoms with Crippen LogP contribution < -0.4 is 4.74 Å². The van der Waals surface area contributed by atoms with Crippen LogP contribution in [0.5, 0.6) is 5.75 Å². The van der Waals surface area contributed by atoms with Crippen molar-refractivity contribution < 1.29 is 17.6 Å². The van der Waals surface area contributed by atoms with Crippen LogP contribution in [0.3, 0.4) is 0 Å². The number of hydrogen-bond donors (Lipinski definition) is 0. The molecule has 1 saturated heterocycles. The van der Waals surface area contributed by atoms with Crippen LogP contribution in [0.4, 0.5) is 8.78 Å². The van der Waals surface area contributed by atoms with Crippen LogP contribution in [0.25, 0.3) is 0 Å². The molecule has 1 heterocycles. The maximum Gasteiger partial charge on any atom is 0.129 e. The average molecular weight is 202 g/mol. The summed E-state index contributed by atoms with van der Waals surface area (Å²) in [6, 6.07) is 2.89. The molecule has 1 aliphatic heterocycles. The van der Waals surface area contributed by atoms with E-state index in [0.717, 1.165) is 18.2 Å². The number of benzene rings is 1.